The number of carbonyl (C=O) groups excluding carboxylic acids is 2. The molecule has 2 heterocycles. The summed E-state index contributed by atoms with van der Waals surface area (Å²) in [5.41, 5.74) is 1.76. The van der Waals surface area contributed by atoms with Gasteiger partial charge in [-0.2, -0.15) is 0 Å². The molecule has 0 spiro atoms. The number of benzene rings is 1. The van der Waals surface area contributed by atoms with Crippen LogP contribution in [0.4, 0.5) is 0 Å². The molecule has 1 aliphatic heterocycles. The summed E-state index contributed by atoms with van der Waals surface area (Å²) in [5, 5.41) is 0. The lowest BCUT2D eigenvalue weighted by molar-refractivity contribution is 0.0303. The molecule has 1 fully saturated rings. The number of aldehydes is 1. The number of aromatic nitrogens is 1. The van der Waals surface area contributed by atoms with E-state index in [1.807, 2.05) is 0 Å². The minimum absolute atomic E-state index is 0.00541. The predicted molar refractivity (Wildman–Crippen MR) is 87.6 cm³/mol. The zero-order valence-corrected chi connectivity index (χ0v) is 13.4. The van der Waals surface area contributed by atoms with E-state index in [1.54, 1.807) is 48.2 Å². The Kier molecular flexibility index (Phi) is 4.86. The van der Waals surface area contributed by atoms with Crippen LogP contribution in [-0.4, -0.2) is 48.4 Å². The van der Waals surface area contributed by atoms with Crippen LogP contribution in [-0.2, 0) is 4.74 Å². The van der Waals surface area contributed by atoms with Crippen molar-refractivity contribution >= 4 is 12.2 Å². The lowest BCUT2D eigenvalue weighted by Crippen LogP contribution is -2.40. The highest BCUT2D eigenvalue weighted by molar-refractivity contribution is 5.94. The molecule has 6 heteroatoms. The van der Waals surface area contributed by atoms with Crippen LogP contribution in [0.15, 0.2) is 36.4 Å². The van der Waals surface area contributed by atoms with Gasteiger partial charge in [0.15, 0.2) is 6.29 Å². The second kappa shape index (κ2) is 7.23. The first-order valence-corrected chi connectivity index (χ1v) is 7.75. The van der Waals surface area contributed by atoms with Crippen molar-refractivity contribution in [3.8, 4) is 11.6 Å². The number of nitrogens with zero attached hydrogens (tertiary/aromatic N) is 2. The quantitative estimate of drug-likeness (QED) is 0.807. The van der Waals surface area contributed by atoms with Crippen LogP contribution in [0.25, 0.3) is 0 Å². The molecular formula is C18H18N2O4. The first kappa shape index (κ1) is 16.1. The standard InChI is InChI=1S/C18H18N2O4/c1-13-15(12-21)4-7-17(19-13)24-16-5-2-14(3-6-16)18(22)20-8-10-23-11-9-20/h2-7,12H,8-11H2,1H3. The zero-order valence-electron chi connectivity index (χ0n) is 13.4. The normalized spacial score (nSPS) is 14.3. The van der Waals surface area contributed by atoms with Crippen molar-refractivity contribution < 1.29 is 19.1 Å². The number of rotatable bonds is 4. The van der Waals surface area contributed by atoms with Gasteiger partial charge in [-0.05, 0) is 37.3 Å². The number of carbonyl (C=O) groups is 2. The van der Waals surface area contributed by atoms with Gasteiger partial charge >= 0.3 is 0 Å². The molecule has 24 heavy (non-hydrogen) atoms. The number of morpholine rings is 1. The summed E-state index contributed by atoms with van der Waals surface area (Å²) in [5.74, 6) is 0.985. The molecule has 1 amide bonds. The Bertz CT molecular complexity index is 737. The lowest BCUT2D eigenvalue weighted by atomic mass is 10.2. The molecule has 1 aromatic carbocycles. The minimum atomic E-state index is -0.00541. The van der Waals surface area contributed by atoms with Gasteiger partial charge < -0.3 is 14.4 Å². The van der Waals surface area contributed by atoms with Crippen molar-refractivity contribution in [2.45, 2.75) is 6.92 Å². The van der Waals surface area contributed by atoms with Crippen molar-refractivity contribution in [3.05, 3.63) is 53.2 Å². The summed E-state index contributed by atoms with van der Waals surface area (Å²) in [6, 6.07) is 10.3. The Labute approximate surface area is 140 Å². The second-order valence-electron chi connectivity index (χ2n) is 5.47. The Hall–Kier alpha value is -2.73. The highest BCUT2D eigenvalue weighted by Gasteiger charge is 2.18. The smallest absolute Gasteiger partial charge is 0.254 e. The van der Waals surface area contributed by atoms with Crippen LogP contribution in [0.2, 0.25) is 0 Å². The van der Waals surface area contributed by atoms with Crippen molar-refractivity contribution in [1.29, 1.82) is 0 Å². The first-order chi connectivity index (χ1) is 11.7. The van der Waals surface area contributed by atoms with E-state index in [0.29, 0.717) is 54.8 Å². The summed E-state index contributed by atoms with van der Waals surface area (Å²) in [6.45, 7) is 4.14. The van der Waals surface area contributed by atoms with E-state index in [4.69, 9.17) is 9.47 Å². The van der Waals surface area contributed by atoms with Crippen LogP contribution < -0.4 is 4.74 Å². The monoisotopic (exact) mass is 326 g/mol. The topological polar surface area (TPSA) is 68.7 Å². The predicted octanol–water partition coefficient (Wildman–Crippen LogP) is 2.47. The van der Waals surface area contributed by atoms with E-state index in [1.165, 1.54) is 0 Å². The number of ether oxygens (including phenoxy) is 2. The molecule has 3 rings (SSSR count). The Morgan fingerprint density at radius 3 is 2.50 bits per heavy atom. The van der Waals surface area contributed by atoms with E-state index >= 15 is 0 Å². The van der Waals surface area contributed by atoms with Crippen LogP contribution in [0, 0.1) is 6.92 Å². The minimum Gasteiger partial charge on any atom is -0.439 e. The fraction of sp³-hybridized carbons (Fsp3) is 0.278. The molecule has 0 unspecified atom stereocenters. The van der Waals surface area contributed by atoms with E-state index in [9.17, 15) is 9.59 Å². The molecule has 0 saturated carbocycles. The highest BCUT2D eigenvalue weighted by Crippen LogP contribution is 2.21. The number of hydrogen-bond acceptors (Lipinski definition) is 5. The molecule has 1 aromatic heterocycles. The molecule has 0 atom stereocenters. The molecule has 0 radical (unpaired) electrons. The largest absolute Gasteiger partial charge is 0.439 e. The summed E-state index contributed by atoms with van der Waals surface area (Å²) < 4.78 is 10.9. The van der Waals surface area contributed by atoms with Gasteiger partial charge in [0.05, 0.1) is 18.9 Å². The summed E-state index contributed by atoms with van der Waals surface area (Å²) in [4.78, 5) is 29.2. The van der Waals surface area contributed by atoms with Gasteiger partial charge in [-0.15, -0.1) is 0 Å². The van der Waals surface area contributed by atoms with E-state index in [2.05, 4.69) is 4.98 Å². The first-order valence-electron chi connectivity index (χ1n) is 7.75. The molecule has 124 valence electrons. The van der Waals surface area contributed by atoms with E-state index < -0.39 is 0 Å². The Balaban J connectivity index is 1.69. The Morgan fingerprint density at radius 1 is 1.17 bits per heavy atom. The summed E-state index contributed by atoms with van der Waals surface area (Å²) in [7, 11) is 0. The molecule has 1 aliphatic rings. The molecule has 1 saturated heterocycles. The molecule has 0 bridgehead atoms. The number of pyridine rings is 1. The van der Waals surface area contributed by atoms with Gasteiger partial charge in [0.2, 0.25) is 5.88 Å². The van der Waals surface area contributed by atoms with Crippen molar-refractivity contribution in [2.75, 3.05) is 26.3 Å². The zero-order chi connectivity index (χ0) is 16.9. The van der Waals surface area contributed by atoms with Gasteiger partial charge in [0.1, 0.15) is 5.75 Å². The highest BCUT2D eigenvalue weighted by atomic mass is 16.5. The molecule has 0 N–H and O–H groups in total. The van der Waals surface area contributed by atoms with Gasteiger partial charge in [0, 0.05) is 30.3 Å². The van der Waals surface area contributed by atoms with Gasteiger partial charge in [-0.1, -0.05) is 0 Å². The van der Waals surface area contributed by atoms with E-state index in [0.717, 1.165) is 6.29 Å². The van der Waals surface area contributed by atoms with Gasteiger partial charge in [0.25, 0.3) is 5.91 Å². The van der Waals surface area contributed by atoms with Crippen LogP contribution in [0.5, 0.6) is 11.6 Å². The third kappa shape index (κ3) is 3.60. The maximum Gasteiger partial charge on any atom is 0.254 e. The summed E-state index contributed by atoms with van der Waals surface area (Å²) >= 11 is 0. The van der Waals surface area contributed by atoms with E-state index in [-0.39, 0.29) is 5.91 Å². The number of aryl methyl sites for hydroxylation is 1. The van der Waals surface area contributed by atoms with Crippen molar-refractivity contribution in [1.82, 2.24) is 9.88 Å². The lowest BCUT2D eigenvalue weighted by Gasteiger charge is -2.26. The van der Waals surface area contributed by atoms with Gasteiger partial charge in [-0.3, -0.25) is 9.59 Å². The maximum absolute atomic E-state index is 12.4. The van der Waals surface area contributed by atoms with Crippen molar-refractivity contribution in [2.24, 2.45) is 0 Å². The average Bonchev–Trinajstić information content (AvgIpc) is 2.63. The fourth-order valence-electron chi connectivity index (χ4n) is 2.47. The molecule has 6 nitrogen and oxygen atoms in total. The third-order valence-corrected chi connectivity index (χ3v) is 3.85. The molecule has 0 aliphatic carbocycles. The summed E-state index contributed by atoms with van der Waals surface area (Å²) in [6.07, 6.45) is 0.762. The SMILES string of the molecule is Cc1nc(Oc2ccc(C(=O)N3CCOCC3)cc2)ccc1C=O. The molecular weight excluding hydrogens is 308 g/mol. The van der Waals surface area contributed by atoms with Crippen molar-refractivity contribution in [3.63, 3.8) is 0 Å². The second-order valence-corrected chi connectivity index (χ2v) is 5.47. The number of hydrogen-bond donors (Lipinski definition) is 0. The van der Waals surface area contributed by atoms with Crippen LogP contribution in [0.1, 0.15) is 26.4 Å². The average molecular weight is 326 g/mol. The number of amides is 1. The maximum atomic E-state index is 12.4. The van der Waals surface area contributed by atoms with Gasteiger partial charge in [-0.25, -0.2) is 4.98 Å². The molecule has 2 aromatic rings. The van der Waals surface area contributed by atoms with Crippen LogP contribution in [0.3, 0.4) is 0 Å². The fourth-order valence-corrected chi connectivity index (χ4v) is 2.47. The van der Waals surface area contributed by atoms with Crippen LogP contribution >= 0.6 is 0 Å². The Morgan fingerprint density at radius 2 is 1.88 bits per heavy atom. The third-order valence-electron chi connectivity index (χ3n) is 3.85.